The zero-order valence-electron chi connectivity index (χ0n) is 12.1. The van der Waals surface area contributed by atoms with Gasteiger partial charge in [-0.1, -0.05) is 0 Å². The highest BCUT2D eigenvalue weighted by molar-refractivity contribution is 5.05. The summed E-state index contributed by atoms with van der Waals surface area (Å²) in [6.45, 7) is 0.423. The van der Waals surface area contributed by atoms with Gasteiger partial charge in [0.2, 0.25) is 0 Å². The first-order valence-electron chi connectivity index (χ1n) is 8.56. The summed E-state index contributed by atoms with van der Waals surface area (Å²) in [7, 11) is 0. The quantitative estimate of drug-likeness (QED) is 0.804. The number of aliphatic hydroxyl groups excluding tert-OH is 1. The van der Waals surface area contributed by atoms with Gasteiger partial charge in [0.15, 0.2) is 0 Å². The molecule has 5 aliphatic carbocycles. The maximum Gasteiger partial charge on any atom is 0.0490 e. The molecule has 0 aliphatic heterocycles. The van der Waals surface area contributed by atoms with Crippen molar-refractivity contribution in [2.45, 2.75) is 63.8 Å². The Morgan fingerprint density at radius 1 is 0.895 bits per heavy atom. The maximum atomic E-state index is 10.2. The second kappa shape index (κ2) is 4.46. The molecule has 0 unspecified atom stereocenters. The van der Waals surface area contributed by atoms with Crippen molar-refractivity contribution in [1.82, 2.24) is 0 Å². The summed E-state index contributed by atoms with van der Waals surface area (Å²) in [4.78, 5) is 0. The third-order valence-electron chi connectivity index (χ3n) is 7.27. The van der Waals surface area contributed by atoms with Gasteiger partial charge in [0.1, 0.15) is 0 Å². The van der Waals surface area contributed by atoms with Gasteiger partial charge in [-0.2, -0.15) is 0 Å². The van der Waals surface area contributed by atoms with E-state index in [-0.39, 0.29) is 5.41 Å². The molecule has 108 valence electrons. The van der Waals surface area contributed by atoms with Gasteiger partial charge in [-0.05, 0) is 92.8 Å². The van der Waals surface area contributed by atoms with Crippen molar-refractivity contribution >= 4 is 0 Å². The first-order chi connectivity index (χ1) is 9.20. The Kier molecular flexibility index (Phi) is 2.97. The number of nitrogens with two attached hydrogens (primary N) is 1. The normalized spacial score (nSPS) is 56.5. The van der Waals surface area contributed by atoms with Crippen molar-refractivity contribution in [2.24, 2.45) is 40.7 Å². The molecule has 2 nitrogen and oxygen atoms in total. The van der Waals surface area contributed by atoms with Crippen LogP contribution < -0.4 is 5.73 Å². The van der Waals surface area contributed by atoms with Gasteiger partial charge in [0, 0.05) is 12.6 Å². The Balaban J connectivity index is 1.60. The molecule has 0 spiro atoms. The van der Waals surface area contributed by atoms with E-state index in [1.165, 1.54) is 44.9 Å². The van der Waals surface area contributed by atoms with Crippen LogP contribution in [0.5, 0.6) is 0 Å². The van der Waals surface area contributed by atoms with Gasteiger partial charge in [-0.15, -0.1) is 0 Å². The third kappa shape index (κ3) is 1.90. The maximum absolute atomic E-state index is 10.2. The molecule has 19 heavy (non-hydrogen) atoms. The number of hydrogen-bond acceptors (Lipinski definition) is 2. The smallest absolute Gasteiger partial charge is 0.0490 e. The summed E-state index contributed by atoms with van der Waals surface area (Å²) >= 11 is 0. The monoisotopic (exact) mass is 263 g/mol. The highest BCUT2D eigenvalue weighted by Gasteiger charge is 2.55. The molecule has 0 aromatic carbocycles. The van der Waals surface area contributed by atoms with Crippen LogP contribution in [0.1, 0.15) is 57.8 Å². The molecule has 5 aliphatic rings. The van der Waals surface area contributed by atoms with Gasteiger partial charge in [0.05, 0.1) is 0 Å². The van der Waals surface area contributed by atoms with E-state index in [1.54, 1.807) is 0 Å². The lowest BCUT2D eigenvalue weighted by Gasteiger charge is -2.61. The molecule has 4 bridgehead atoms. The third-order valence-corrected chi connectivity index (χ3v) is 7.27. The lowest BCUT2D eigenvalue weighted by Crippen LogP contribution is -2.54. The second-order valence-electron chi connectivity index (χ2n) is 8.31. The Morgan fingerprint density at radius 2 is 1.42 bits per heavy atom. The molecule has 5 saturated carbocycles. The lowest BCUT2D eigenvalue weighted by molar-refractivity contribution is -0.126. The molecule has 0 heterocycles. The van der Waals surface area contributed by atoms with Crippen LogP contribution in [-0.4, -0.2) is 17.8 Å². The molecular weight excluding hydrogens is 234 g/mol. The van der Waals surface area contributed by atoms with Crippen molar-refractivity contribution in [1.29, 1.82) is 0 Å². The number of aliphatic hydroxyl groups is 1. The molecule has 0 saturated heterocycles. The zero-order valence-corrected chi connectivity index (χ0v) is 12.1. The largest absolute Gasteiger partial charge is 0.396 e. The highest BCUT2D eigenvalue weighted by Crippen LogP contribution is 2.63. The van der Waals surface area contributed by atoms with E-state index in [1.807, 2.05) is 0 Å². The molecule has 5 rings (SSSR count). The SMILES string of the molecule is NC1CCC(CO)(C2C3CC4CC(C3)CC2C4)CC1. The summed E-state index contributed by atoms with van der Waals surface area (Å²) in [6.07, 6.45) is 12.1. The van der Waals surface area contributed by atoms with E-state index < -0.39 is 0 Å². The molecule has 3 N–H and O–H groups in total. The van der Waals surface area contributed by atoms with E-state index in [2.05, 4.69) is 0 Å². The minimum atomic E-state index is 0.248. The summed E-state index contributed by atoms with van der Waals surface area (Å²) < 4.78 is 0. The molecule has 5 fully saturated rings. The van der Waals surface area contributed by atoms with Crippen LogP contribution in [-0.2, 0) is 0 Å². The van der Waals surface area contributed by atoms with Crippen molar-refractivity contribution in [3.05, 3.63) is 0 Å². The highest BCUT2D eigenvalue weighted by atomic mass is 16.3. The van der Waals surface area contributed by atoms with Crippen LogP contribution in [0.4, 0.5) is 0 Å². The Labute approximate surface area is 117 Å². The Bertz CT molecular complexity index is 317. The van der Waals surface area contributed by atoms with Gasteiger partial charge in [0.25, 0.3) is 0 Å². The summed E-state index contributed by atoms with van der Waals surface area (Å²) in [5, 5.41) is 10.2. The van der Waals surface area contributed by atoms with Gasteiger partial charge in [-0.3, -0.25) is 0 Å². The van der Waals surface area contributed by atoms with Crippen molar-refractivity contribution < 1.29 is 5.11 Å². The topological polar surface area (TPSA) is 46.2 Å². The molecule has 2 heteroatoms. The van der Waals surface area contributed by atoms with Crippen molar-refractivity contribution in [3.8, 4) is 0 Å². The van der Waals surface area contributed by atoms with Gasteiger partial charge >= 0.3 is 0 Å². The van der Waals surface area contributed by atoms with Crippen LogP contribution >= 0.6 is 0 Å². The summed E-state index contributed by atoms with van der Waals surface area (Å²) in [5.41, 5.74) is 6.35. The standard InChI is InChI=1S/C17H29NO/c18-15-1-3-17(10-19,4-2-15)16-13-6-11-5-12(8-13)9-14(16)7-11/h11-16,19H,1-10,18H2. The molecule has 0 aromatic rings. The fourth-order valence-corrected chi connectivity index (χ4v) is 6.74. The average Bonchev–Trinajstić information content (AvgIpc) is 2.40. The van der Waals surface area contributed by atoms with Gasteiger partial charge in [-0.25, -0.2) is 0 Å². The fraction of sp³-hybridized carbons (Fsp3) is 1.00. The van der Waals surface area contributed by atoms with Crippen molar-refractivity contribution in [2.75, 3.05) is 6.61 Å². The molecule has 0 radical (unpaired) electrons. The van der Waals surface area contributed by atoms with Crippen LogP contribution in [0, 0.1) is 35.0 Å². The minimum absolute atomic E-state index is 0.248. The lowest BCUT2D eigenvalue weighted by atomic mass is 9.45. The van der Waals surface area contributed by atoms with E-state index in [0.717, 1.165) is 42.4 Å². The fourth-order valence-electron chi connectivity index (χ4n) is 6.74. The summed E-state index contributed by atoms with van der Waals surface area (Å²) in [6, 6.07) is 0.400. The minimum Gasteiger partial charge on any atom is -0.396 e. The first kappa shape index (κ1) is 12.6. The molecule has 0 atom stereocenters. The van der Waals surface area contributed by atoms with Crippen LogP contribution in [0.3, 0.4) is 0 Å². The second-order valence-corrected chi connectivity index (χ2v) is 8.31. The Morgan fingerprint density at radius 3 is 1.89 bits per heavy atom. The van der Waals surface area contributed by atoms with E-state index in [9.17, 15) is 5.11 Å². The Hall–Kier alpha value is -0.0800. The van der Waals surface area contributed by atoms with Crippen LogP contribution in [0.2, 0.25) is 0 Å². The molecular formula is C17H29NO. The predicted molar refractivity (Wildman–Crippen MR) is 76.5 cm³/mol. The number of rotatable bonds is 2. The van der Waals surface area contributed by atoms with Crippen LogP contribution in [0.15, 0.2) is 0 Å². The van der Waals surface area contributed by atoms with E-state index in [4.69, 9.17) is 5.73 Å². The van der Waals surface area contributed by atoms with Crippen LogP contribution in [0.25, 0.3) is 0 Å². The van der Waals surface area contributed by atoms with Gasteiger partial charge < -0.3 is 10.8 Å². The van der Waals surface area contributed by atoms with E-state index >= 15 is 0 Å². The average molecular weight is 263 g/mol. The summed E-state index contributed by atoms with van der Waals surface area (Å²) in [5.74, 6) is 4.80. The first-order valence-corrected chi connectivity index (χ1v) is 8.56. The molecule has 0 amide bonds. The zero-order chi connectivity index (χ0) is 13.0. The number of hydrogen-bond donors (Lipinski definition) is 2. The van der Waals surface area contributed by atoms with E-state index in [0.29, 0.717) is 12.6 Å². The predicted octanol–water partition coefficient (Wildman–Crippen LogP) is 2.94. The van der Waals surface area contributed by atoms with Crippen molar-refractivity contribution in [3.63, 3.8) is 0 Å². The molecule has 0 aromatic heterocycles.